The van der Waals surface area contributed by atoms with Gasteiger partial charge in [-0.2, -0.15) is 0 Å². The molecule has 7 nitrogen and oxygen atoms in total. The van der Waals surface area contributed by atoms with Crippen LogP contribution in [0.4, 0.5) is 5.00 Å². The van der Waals surface area contributed by atoms with Gasteiger partial charge in [-0.05, 0) is 42.7 Å². The minimum atomic E-state index is -0.353. The van der Waals surface area contributed by atoms with Crippen LogP contribution in [0.1, 0.15) is 51.0 Å². The molecule has 0 saturated heterocycles. The van der Waals surface area contributed by atoms with E-state index in [9.17, 15) is 9.59 Å². The van der Waals surface area contributed by atoms with Gasteiger partial charge in [0.25, 0.3) is 11.8 Å². The second-order valence-electron chi connectivity index (χ2n) is 7.04. The number of aromatic nitrogens is 2. The minimum Gasteiger partial charge on any atom is -0.459 e. The van der Waals surface area contributed by atoms with Gasteiger partial charge in [0.1, 0.15) is 5.82 Å². The zero-order valence-electron chi connectivity index (χ0n) is 17.1. The maximum absolute atomic E-state index is 12.9. The van der Waals surface area contributed by atoms with Crippen molar-refractivity contribution in [1.29, 1.82) is 0 Å². The highest BCUT2D eigenvalue weighted by Crippen LogP contribution is 2.28. The highest BCUT2D eigenvalue weighted by Gasteiger charge is 2.21. The van der Waals surface area contributed by atoms with E-state index in [-0.39, 0.29) is 23.6 Å². The van der Waals surface area contributed by atoms with Gasteiger partial charge in [-0.1, -0.05) is 37.3 Å². The van der Waals surface area contributed by atoms with Crippen LogP contribution < -0.4 is 10.6 Å². The second-order valence-corrected chi connectivity index (χ2v) is 8.09. The standard InChI is InChI=1S/C23H22N4O3S/c1-3-16(21-24-13-17(25-21)15-8-5-4-6-9-15)26-23(29)20-14(2)12-19(31-20)27-22(28)18-10-7-11-30-18/h4-13,16H,3H2,1-2H3,(H,24,25)(H,26,29)(H,27,28). The summed E-state index contributed by atoms with van der Waals surface area (Å²) in [6.45, 7) is 3.83. The average molecular weight is 435 g/mol. The molecule has 3 aromatic heterocycles. The number of imidazole rings is 1. The van der Waals surface area contributed by atoms with Crippen molar-refractivity contribution < 1.29 is 14.0 Å². The Morgan fingerprint density at radius 2 is 1.97 bits per heavy atom. The monoisotopic (exact) mass is 434 g/mol. The van der Waals surface area contributed by atoms with Crippen LogP contribution in [0.25, 0.3) is 11.3 Å². The summed E-state index contributed by atoms with van der Waals surface area (Å²) in [6.07, 6.45) is 3.90. The topological polar surface area (TPSA) is 100 Å². The number of hydrogen-bond acceptors (Lipinski definition) is 5. The summed E-state index contributed by atoms with van der Waals surface area (Å²) in [4.78, 5) is 33.4. The summed E-state index contributed by atoms with van der Waals surface area (Å²) in [5.41, 5.74) is 2.73. The number of anilines is 1. The first-order valence-corrected chi connectivity index (χ1v) is 10.7. The molecule has 4 aromatic rings. The minimum absolute atomic E-state index is 0.203. The molecular formula is C23H22N4O3S. The Labute approximate surface area is 183 Å². The molecule has 3 N–H and O–H groups in total. The molecular weight excluding hydrogens is 412 g/mol. The normalized spacial score (nSPS) is 11.8. The van der Waals surface area contributed by atoms with Gasteiger partial charge in [-0.15, -0.1) is 11.3 Å². The third kappa shape index (κ3) is 4.59. The molecule has 2 amide bonds. The molecule has 0 spiro atoms. The largest absolute Gasteiger partial charge is 0.459 e. The highest BCUT2D eigenvalue weighted by atomic mass is 32.1. The van der Waals surface area contributed by atoms with Gasteiger partial charge in [0, 0.05) is 0 Å². The number of aryl methyl sites for hydroxylation is 1. The summed E-state index contributed by atoms with van der Waals surface area (Å²) in [6, 6.07) is 14.7. The predicted molar refractivity (Wildman–Crippen MR) is 120 cm³/mol. The Morgan fingerprint density at radius 3 is 2.68 bits per heavy atom. The fourth-order valence-corrected chi connectivity index (χ4v) is 4.19. The maximum atomic E-state index is 12.9. The van der Waals surface area contributed by atoms with Gasteiger partial charge in [-0.3, -0.25) is 9.59 Å². The third-order valence-corrected chi connectivity index (χ3v) is 5.98. The average Bonchev–Trinajstić information content (AvgIpc) is 3.53. The van der Waals surface area contributed by atoms with Crippen molar-refractivity contribution in [1.82, 2.24) is 15.3 Å². The number of nitrogens with one attached hydrogen (secondary N) is 3. The van der Waals surface area contributed by atoms with Crippen LogP contribution in [-0.4, -0.2) is 21.8 Å². The molecule has 0 fully saturated rings. The van der Waals surface area contributed by atoms with Crippen LogP contribution in [0.2, 0.25) is 0 Å². The highest BCUT2D eigenvalue weighted by molar-refractivity contribution is 7.18. The maximum Gasteiger partial charge on any atom is 0.291 e. The Balaban J connectivity index is 1.46. The fraction of sp³-hybridized carbons (Fsp3) is 0.174. The molecule has 1 unspecified atom stereocenters. The lowest BCUT2D eigenvalue weighted by Gasteiger charge is -2.14. The van der Waals surface area contributed by atoms with E-state index >= 15 is 0 Å². The Hall–Kier alpha value is -3.65. The molecule has 3 heterocycles. The van der Waals surface area contributed by atoms with Crippen LogP contribution in [0.5, 0.6) is 0 Å². The van der Waals surface area contributed by atoms with Crippen molar-refractivity contribution in [2.24, 2.45) is 0 Å². The smallest absolute Gasteiger partial charge is 0.291 e. The van der Waals surface area contributed by atoms with Gasteiger partial charge >= 0.3 is 0 Å². The number of rotatable bonds is 7. The fourth-order valence-electron chi connectivity index (χ4n) is 3.22. The number of hydrogen-bond donors (Lipinski definition) is 3. The Morgan fingerprint density at radius 1 is 1.16 bits per heavy atom. The van der Waals surface area contributed by atoms with Crippen LogP contribution in [-0.2, 0) is 0 Å². The van der Waals surface area contributed by atoms with E-state index in [0.717, 1.165) is 16.8 Å². The lowest BCUT2D eigenvalue weighted by atomic mass is 10.2. The number of carbonyl (C=O) groups is 2. The quantitative estimate of drug-likeness (QED) is 0.373. The molecule has 1 aromatic carbocycles. The number of aromatic amines is 1. The Kier molecular flexibility index (Phi) is 5.99. The summed E-state index contributed by atoms with van der Waals surface area (Å²) in [5.74, 6) is 0.365. The molecule has 8 heteroatoms. The van der Waals surface area contributed by atoms with Gasteiger partial charge in [0.15, 0.2) is 5.76 Å². The van der Waals surface area contributed by atoms with Crippen molar-refractivity contribution in [3.05, 3.63) is 83.0 Å². The molecule has 0 aliphatic carbocycles. The van der Waals surface area contributed by atoms with E-state index in [2.05, 4.69) is 20.6 Å². The van der Waals surface area contributed by atoms with Crippen LogP contribution in [0, 0.1) is 6.92 Å². The predicted octanol–water partition coefficient (Wildman–Crippen LogP) is 5.17. The summed E-state index contributed by atoms with van der Waals surface area (Å²) in [7, 11) is 0. The van der Waals surface area contributed by atoms with Gasteiger partial charge in [0.05, 0.1) is 34.1 Å². The first-order chi connectivity index (χ1) is 15.0. The number of furan rings is 1. The lowest BCUT2D eigenvalue weighted by molar-refractivity contribution is 0.0936. The zero-order chi connectivity index (χ0) is 21.8. The number of H-pyrrole nitrogens is 1. The molecule has 0 radical (unpaired) electrons. The van der Waals surface area contributed by atoms with Crippen molar-refractivity contribution >= 4 is 28.2 Å². The van der Waals surface area contributed by atoms with Crippen molar-refractivity contribution in [3.8, 4) is 11.3 Å². The summed E-state index contributed by atoms with van der Waals surface area (Å²) < 4.78 is 5.10. The van der Waals surface area contributed by atoms with Gasteiger partial charge < -0.3 is 20.0 Å². The Bertz CT molecular complexity index is 1180. The van der Waals surface area contributed by atoms with Crippen molar-refractivity contribution in [3.63, 3.8) is 0 Å². The third-order valence-electron chi connectivity index (χ3n) is 4.83. The summed E-state index contributed by atoms with van der Waals surface area (Å²) in [5, 5.41) is 6.40. The number of amides is 2. The lowest BCUT2D eigenvalue weighted by Crippen LogP contribution is -2.28. The van der Waals surface area contributed by atoms with E-state index in [0.29, 0.717) is 22.1 Å². The number of benzene rings is 1. The summed E-state index contributed by atoms with van der Waals surface area (Å²) >= 11 is 1.23. The second kappa shape index (κ2) is 9.01. The molecule has 31 heavy (non-hydrogen) atoms. The van der Waals surface area contributed by atoms with Crippen LogP contribution in [0.3, 0.4) is 0 Å². The SMILES string of the molecule is CCC(NC(=O)c1sc(NC(=O)c2ccco2)cc1C)c1ncc(-c2ccccc2)[nH]1. The molecule has 1 atom stereocenters. The number of carbonyl (C=O) groups excluding carboxylic acids is 2. The van der Waals surface area contributed by atoms with E-state index < -0.39 is 0 Å². The van der Waals surface area contributed by atoms with Crippen LogP contribution in [0.15, 0.2) is 65.4 Å². The van der Waals surface area contributed by atoms with Crippen molar-refractivity contribution in [2.45, 2.75) is 26.3 Å². The van der Waals surface area contributed by atoms with E-state index in [1.54, 1.807) is 24.4 Å². The molecule has 0 aliphatic rings. The first-order valence-electron chi connectivity index (χ1n) is 9.91. The van der Waals surface area contributed by atoms with E-state index in [1.807, 2.05) is 44.2 Å². The molecule has 158 valence electrons. The molecule has 0 saturated carbocycles. The number of thiophene rings is 1. The van der Waals surface area contributed by atoms with Gasteiger partial charge in [0.2, 0.25) is 0 Å². The van der Waals surface area contributed by atoms with E-state index in [4.69, 9.17) is 4.42 Å². The van der Waals surface area contributed by atoms with Crippen LogP contribution >= 0.6 is 11.3 Å². The van der Waals surface area contributed by atoms with Crippen molar-refractivity contribution in [2.75, 3.05) is 5.32 Å². The molecule has 0 bridgehead atoms. The number of nitrogens with zero attached hydrogens (tertiary/aromatic N) is 1. The molecule has 0 aliphatic heterocycles. The van der Waals surface area contributed by atoms with Gasteiger partial charge in [-0.25, -0.2) is 4.98 Å². The first kappa shape index (κ1) is 20.6. The molecule has 4 rings (SSSR count). The van der Waals surface area contributed by atoms with E-state index in [1.165, 1.54) is 17.6 Å². The zero-order valence-corrected chi connectivity index (χ0v) is 18.0.